The molecule has 2 N–H and O–H groups in total. The average Bonchev–Trinajstić information content (AvgIpc) is 3.06. The van der Waals surface area contributed by atoms with Gasteiger partial charge in [-0.3, -0.25) is 4.79 Å². The number of carboxylic acid groups (broad SMARTS) is 1. The molecule has 2 atom stereocenters. The number of nitrogens with one attached hydrogen (secondary N) is 1. The minimum atomic E-state index is -0.983. The van der Waals surface area contributed by atoms with Crippen molar-refractivity contribution >= 4 is 17.6 Å². The van der Waals surface area contributed by atoms with Crippen molar-refractivity contribution in [3.63, 3.8) is 0 Å². The third kappa shape index (κ3) is 2.42. The van der Waals surface area contributed by atoms with Gasteiger partial charge < -0.3 is 14.8 Å². The third-order valence-electron chi connectivity index (χ3n) is 3.44. The van der Waals surface area contributed by atoms with Crippen LogP contribution in [0, 0.1) is 5.92 Å². The van der Waals surface area contributed by atoms with Crippen LogP contribution >= 0.6 is 0 Å². The van der Waals surface area contributed by atoms with Crippen LogP contribution in [0.2, 0.25) is 0 Å². The molecule has 0 saturated heterocycles. The monoisotopic (exact) mass is 271 g/mol. The van der Waals surface area contributed by atoms with E-state index in [9.17, 15) is 9.59 Å². The lowest BCUT2D eigenvalue weighted by Crippen LogP contribution is -2.14. The molecule has 2 unspecified atom stereocenters. The summed E-state index contributed by atoms with van der Waals surface area (Å²) in [6.07, 6.45) is 2.39. The number of amides is 1. The fourth-order valence-corrected chi connectivity index (χ4v) is 2.23. The topological polar surface area (TPSA) is 79.5 Å². The van der Waals surface area contributed by atoms with E-state index in [2.05, 4.69) is 5.32 Å². The van der Waals surface area contributed by atoms with Crippen LogP contribution in [0.5, 0.6) is 0 Å². The number of anilines is 1. The second kappa shape index (κ2) is 4.85. The summed E-state index contributed by atoms with van der Waals surface area (Å²) < 4.78 is 5.28. The first kappa shape index (κ1) is 12.5. The van der Waals surface area contributed by atoms with Gasteiger partial charge in [-0.05, 0) is 42.8 Å². The number of benzene rings is 1. The van der Waals surface area contributed by atoms with E-state index >= 15 is 0 Å². The smallest absolute Gasteiger partial charge is 0.335 e. The molecule has 102 valence electrons. The maximum absolute atomic E-state index is 12.0. The number of aromatic carboxylic acids is 1. The maximum atomic E-state index is 12.0. The molecular formula is C15H13NO4. The minimum Gasteiger partial charge on any atom is -0.478 e. The standard InChI is InChI=1S/C15H13NO4/c17-14(12-8-11(12)13-2-1-7-20-13)16-10-5-3-9(4-6-10)15(18)19/h1-7,11-12H,8H2,(H,16,17)(H,18,19). The van der Waals surface area contributed by atoms with Crippen LogP contribution in [0.4, 0.5) is 5.69 Å². The Labute approximate surface area is 115 Å². The molecule has 1 aromatic carbocycles. The lowest BCUT2D eigenvalue weighted by Gasteiger charge is -2.04. The minimum absolute atomic E-state index is 0.0607. The fourth-order valence-electron chi connectivity index (χ4n) is 2.23. The fraction of sp³-hybridized carbons (Fsp3) is 0.200. The molecule has 1 amide bonds. The zero-order valence-corrected chi connectivity index (χ0v) is 10.6. The highest BCUT2D eigenvalue weighted by Gasteiger charge is 2.45. The van der Waals surface area contributed by atoms with Crippen LogP contribution in [0.3, 0.4) is 0 Å². The summed E-state index contributed by atoms with van der Waals surface area (Å²) in [6, 6.07) is 9.80. The van der Waals surface area contributed by atoms with E-state index in [0.717, 1.165) is 12.2 Å². The average molecular weight is 271 g/mol. The van der Waals surface area contributed by atoms with Gasteiger partial charge in [0.1, 0.15) is 5.76 Å². The molecule has 0 radical (unpaired) electrons. The van der Waals surface area contributed by atoms with Crippen molar-refractivity contribution < 1.29 is 19.1 Å². The molecule has 1 saturated carbocycles. The Hall–Kier alpha value is -2.56. The number of carbonyl (C=O) groups excluding carboxylic acids is 1. The van der Waals surface area contributed by atoms with Crippen molar-refractivity contribution in [3.05, 3.63) is 54.0 Å². The lowest BCUT2D eigenvalue weighted by atomic mass is 10.2. The number of hydrogen-bond acceptors (Lipinski definition) is 3. The predicted octanol–water partition coefficient (Wildman–Crippen LogP) is 2.72. The van der Waals surface area contributed by atoms with Gasteiger partial charge in [-0.2, -0.15) is 0 Å². The summed E-state index contributed by atoms with van der Waals surface area (Å²) in [5.74, 6) is -0.118. The summed E-state index contributed by atoms with van der Waals surface area (Å²) in [7, 11) is 0. The van der Waals surface area contributed by atoms with Gasteiger partial charge in [0, 0.05) is 17.5 Å². The zero-order valence-electron chi connectivity index (χ0n) is 10.6. The second-order valence-electron chi connectivity index (χ2n) is 4.84. The van der Waals surface area contributed by atoms with Gasteiger partial charge in [0.2, 0.25) is 5.91 Å². The van der Waals surface area contributed by atoms with E-state index in [1.54, 1.807) is 18.4 Å². The van der Waals surface area contributed by atoms with E-state index in [1.807, 2.05) is 12.1 Å². The molecular weight excluding hydrogens is 258 g/mol. The summed E-state index contributed by atoms with van der Waals surface area (Å²) in [6.45, 7) is 0. The largest absolute Gasteiger partial charge is 0.478 e. The van der Waals surface area contributed by atoms with E-state index in [4.69, 9.17) is 9.52 Å². The van der Waals surface area contributed by atoms with Gasteiger partial charge in [0.05, 0.1) is 11.8 Å². The lowest BCUT2D eigenvalue weighted by molar-refractivity contribution is -0.117. The van der Waals surface area contributed by atoms with Crippen LogP contribution in [-0.2, 0) is 4.79 Å². The molecule has 0 aliphatic heterocycles. The van der Waals surface area contributed by atoms with Gasteiger partial charge >= 0.3 is 5.97 Å². The Morgan fingerprint density at radius 1 is 1.20 bits per heavy atom. The highest BCUT2D eigenvalue weighted by Crippen LogP contribution is 2.48. The van der Waals surface area contributed by atoms with Gasteiger partial charge in [0.15, 0.2) is 0 Å². The molecule has 1 aromatic heterocycles. The van der Waals surface area contributed by atoms with Gasteiger partial charge in [-0.25, -0.2) is 4.79 Å². The number of furan rings is 1. The number of carbonyl (C=O) groups is 2. The quantitative estimate of drug-likeness (QED) is 0.896. The summed E-state index contributed by atoms with van der Waals surface area (Å²) in [4.78, 5) is 22.8. The van der Waals surface area contributed by atoms with Crippen molar-refractivity contribution in [1.82, 2.24) is 0 Å². The van der Waals surface area contributed by atoms with Crippen molar-refractivity contribution in [2.45, 2.75) is 12.3 Å². The van der Waals surface area contributed by atoms with Gasteiger partial charge in [-0.1, -0.05) is 0 Å². The molecule has 1 aliphatic rings. The Morgan fingerprint density at radius 3 is 2.55 bits per heavy atom. The van der Waals surface area contributed by atoms with E-state index in [-0.39, 0.29) is 23.3 Å². The Morgan fingerprint density at radius 2 is 1.95 bits per heavy atom. The first-order valence-electron chi connectivity index (χ1n) is 6.33. The Bertz CT molecular complexity index is 630. The summed E-state index contributed by atoms with van der Waals surface area (Å²) in [5.41, 5.74) is 0.799. The third-order valence-corrected chi connectivity index (χ3v) is 3.44. The Balaban J connectivity index is 1.61. The highest BCUT2D eigenvalue weighted by molar-refractivity contribution is 5.95. The molecule has 0 spiro atoms. The Kier molecular flexibility index (Phi) is 3.02. The first-order chi connectivity index (χ1) is 9.65. The second-order valence-corrected chi connectivity index (χ2v) is 4.84. The van der Waals surface area contributed by atoms with Crippen molar-refractivity contribution in [2.75, 3.05) is 5.32 Å². The van der Waals surface area contributed by atoms with Gasteiger partial charge in [-0.15, -0.1) is 0 Å². The number of carboxylic acids is 1. The van der Waals surface area contributed by atoms with Crippen molar-refractivity contribution in [2.24, 2.45) is 5.92 Å². The first-order valence-corrected chi connectivity index (χ1v) is 6.33. The highest BCUT2D eigenvalue weighted by atomic mass is 16.4. The molecule has 0 bridgehead atoms. The SMILES string of the molecule is O=C(O)c1ccc(NC(=O)C2CC2c2ccco2)cc1. The van der Waals surface area contributed by atoms with E-state index in [0.29, 0.717) is 5.69 Å². The molecule has 5 heteroatoms. The van der Waals surface area contributed by atoms with E-state index in [1.165, 1.54) is 12.1 Å². The van der Waals surface area contributed by atoms with Crippen LogP contribution in [0.15, 0.2) is 47.1 Å². The molecule has 5 nitrogen and oxygen atoms in total. The number of rotatable bonds is 4. The van der Waals surface area contributed by atoms with E-state index < -0.39 is 5.97 Å². The van der Waals surface area contributed by atoms with Crippen LogP contribution in [0.25, 0.3) is 0 Å². The maximum Gasteiger partial charge on any atom is 0.335 e. The molecule has 1 heterocycles. The van der Waals surface area contributed by atoms with Crippen LogP contribution in [0.1, 0.15) is 28.5 Å². The van der Waals surface area contributed by atoms with Crippen molar-refractivity contribution in [3.8, 4) is 0 Å². The molecule has 3 rings (SSSR count). The molecule has 2 aromatic rings. The molecule has 20 heavy (non-hydrogen) atoms. The summed E-state index contributed by atoms with van der Waals surface area (Å²) >= 11 is 0. The van der Waals surface area contributed by atoms with Crippen LogP contribution in [-0.4, -0.2) is 17.0 Å². The molecule has 1 fully saturated rings. The van der Waals surface area contributed by atoms with Crippen molar-refractivity contribution in [1.29, 1.82) is 0 Å². The number of hydrogen-bond donors (Lipinski definition) is 2. The summed E-state index contributed by atoms with van der Waals surface area (Å²) in [5, 5.41) is 11.6. The normalized spacial score (nSPS) is 20.4. The molecule has 1 aliphatic carbocycles. The van der Waals surface area contributed by atoms with Crippen LogP contribution < -0.4 is 5.32 Å². The predicted molar refractivity (Wildman–Crippen MR) is 71.6 cm³/mol. The zero-order chi connectivity index (χ0) is 14.1. The van der Waals surface area contributed by atoms with Gasteiger partial charge in [0.25, 0.3) is 0 Å².